The van der Waals surface area contributed by atoms with Crippen molar-refractivity contribution in [3.63, 3.8) is 0 Å². The molecular weight excluding hydrogens is 306 g/mol. The van der Waals surface area contributed by atoms with Crippen LogP contribution in [0.1, 0.15) is 26.2 Å². The van der Waals surface area contributed by atoms with Gasteiger partial charge in [-0.15, -0.1) is 0 Å². The van der Waals surface area contributed by atoms with E-state index in [0.29, 0.717) is 13.0 Å². The first-order valence-corrected chi connectivity index (χ1v) is 7.46. The Morgan fingerprint density at radius 2 is 2.26 bits per heavy atom. The summed E-state index contributed by atoms with van der Waals surface area (Å²) in [5, 5.41) is 11.2. The Morgan fingerprint density at radius 1 is 1.43 bits per heavy atom. The van der Waals surface area contributed by atoms with Gasteiger partial charge in [0.25, 0.3) is 0 Å². The number of rotatable bonds is 7. The van der Waals surface area contributed by atoms with Crippen LogP contribution in [0.25, 0.3) is 0 Å². The van der Waals surface area contributed by atoms with Crippen LogP contribution in [0.3, 0.4) is 0 Å². The van der Waals surface area contributed by atoms with Crippen molar-refractivity contribution in [2.75, 3.05) is 19.8 Å². The van der Waals surface area contributed by atoms with Crippen LogP contribution < -0.4 is 9.47 Å². The molecule has 0 saturated carbocycles. The topological polar surface area (TPSA) is 97.1 Å². The molecule has 0 aromatic heterocycles. The number of para-hydroxylation sites is 1. The Morgan fingerprint density at radius 3 is 2.91 bits per heavy atom. The molecule has 0 bridgehead atoms. The first-order chi connectivity index (χ1) is 11.1. The average molecular weight is 325 g/mol. The SMILES string of the molecule is CCOC(=O)COc1c(OC2CCCCO2)cccc1[N+](=O)[O-]. The molecular formula is C15H19NO7. The molecule has 8 nitrogen and oxygen atoms in total. The fraction of sp³-hybridized carbons (Fsp3) is 0.533. The van der Waals surface area contributed by atoms with Gasteiger partial charge in [0.2, 0.25) is 5.75 Å². The summed E-state index contributed by atoms with van der Waals surface area (Å²) < 4.78 is 21.2. The third kappa shape index (κ3) is 4.82. The summed E-state index contributed by atoms with van der Waals surface area (Å²) in [5.41, 5.74) is -0.275. The molecule has 1 atom stereocenters. The maximum Gasteiger partial charge on any atom is 0.344 e. The molecule has 8 heteroatoms. The van der Waals surface area contributed by atoms with E-state index in [1.807, 2.05) is 0 Å². The second-order valence-electron chi connectivity index (χ2n) is 4.87. The molecule has 1 unspecified atom stereocenters. The molecule has 1 aromatic rings. The summed E-state index contributed by atoms with van der Waals surface area (Å²) in [7, 11) is 0. The van der Waals surface area contributed by atoms with E-state index in [0.717, 1.165) is 12.8 Å². The van der Waals surface area contributed by atoms with Crippen molar-refractivity contribution in [2.24, 2.45) is 0 Å². The highest BCUT2D eigenvalue weighted by molar-refractivity contribution is 5.71. The van der Waals surface area contributed by atoms with Crippen LogP contribution in [0.5, 0.6) is 11.5 Å². The van der Waals surface area contributed by atoms with Crippen molar-refractivity contribution in [1.29, 1.82) is 0 Å². The number of nitro benzene ring substituents is 1. The standard InChI is InChI=1S/C15H19NO7/c1-2-20-13(17)10-22-15-11(16(18)19)6-5-7-12(15)23-14-8-3-4-9-21-14/h5-7,14H,2-4,8-10H2,1H3. The van der Waals surface area contributed by atoms with E-state index in [1.54, 1.807) is 13.0 Å². The Bertz CT molecular complexity index is 555. The summed E-state index contributed by atoms with van der Waals surface area (Å²) in [5.74, 6) is -0.527. The summed E-state index contributed by atoms with van der Waals surface area (Å²) in [6.45, 7) is 2.02. The quantitative estimate of drug-likeness (QED) is 0.431. The van der Waals surface area contributed by atoms with Gasteiger partial charge in [0.15, 0.2) is 18.6 Å². The highest BCUT2D eigenvalue weighted by Gasteiger charge is 2.24. The zero-order chi connectivity index (χ0) is 16.7. The number of hydrogen-bond acceptors (Lipinski definition) is 7. The van der Waals surface area contributed by atoms with Crippen LogP contribution in [-0.2, 0) is 14.3 Å². The first kappa shape index (κ1) is 17.0. The molecule has 1 heterocycles. The first-order valence-electron chi connectivity index (χ1n) is 7.46. The molecule has 23 heavy (non-hydrogen) atoms. The fourth-order valence-corrected chi connectivity index (χ4v) is 2.17. The van der Waals surface area contributed by atoms with Gasteiger partial charge in [-0.1, -0.05) is 6.07 Å². The molecule has 0 spiro atoms. The van der Waals surface area contributed by atoms with Gasteiger partial charge in [0.05, 0.1) is 18.1 Å². The maximum atomic E-state index is 11.4. The number of hydrogen-bond donors (Lipinski definition) is 0. The van der Waals surface area contributed by atoms with E-state index in [9.17, 15) is 14.9 Å². The predicted molar refractivity (Wildman–Crippen MR) is 79.4 cm³/mol. The van der Waals surface area contributed by atoms with Crippen molar-refractivity contribution in [1.82, 2.24) is 0 Å². The summed E-state index contributed by atoms with van der Waals surface area (Å²) in [6.07, 6.45) is 2.13. The van der Waals surface area contributed by atoms with E-state index >= 15 is 0 Å². The van der Waals surface area contributed by atoms with Gasteiger partial charge in [-0.05, 0) is 25.8 Å². The van der Waals surface area contributed by atoms with Gasteiger partial charge in [0, 0.05) is 12.5 Å². The number of nitro groups is 1. The number of benzene rings is 1. The minimum absolute atomic E-state index is 0.0975. The lowest BCUT2D eigenvalue weighted by atomic mass is 10.2. The highest BCUT2D eigenvalue weighted by atomic mass is 16.7. The number of carbonyl (C=O) groups excluding carboxylic acids is 1. The minimum Gasteiger partial charge on any atom is -0.472 e. The van der Waals surface area contributed by atoms with Crippen molar-refractivity contribution < 1.29 is 28.7 Å². The zero-order valence-electron chi connectivity index (χ0n) is 12.9. The van der Waals surface area contributed by atoms with Crippen LogP contribution in [0.15, 0.2) is 18.2 Å². The number of carbonyl (C=O) groups is 1. The molecule has 0 N–H and O–H groups in total. The Hall–Kier alpha value is -2.35. The lowest BCUT2D eigenvalue weighted by molar-refractivity contribution is -0.386. The van der Waals surface area contributed by atoms with E-state index in [1.165, 1.54) is 12.1 Å². The highest BCUT2D eigenvalue weighted by Crippen LogP contribution is 2.38. The van der Waals surface area contributed by atoms with Crippen molar-refractivity contribution in [3.8, 4) is 11.5 Å². The van der Waals surface area contributed by atoms with E-state index in [2.05, 4.69) is 0 Å². The largest absolute Gasteiger partial charge is 0.472 e. The van der Waals surface area contributed by atoms with Gasteiger partial charge in [-0.3, -0.25) is 10.1 Å². The van der Waals surface area contributed by atoms with Gasteiger partial charge >= 0.3 is 11.7 Å². The molecule has 1 saturated heterocycles. The number of nitrogens with zero attached hydrogens (tertiary/aromatic N) is 1. The predicted octanol–water partition coefficient (Wildman–Crippen LogP) is 2.44. The monoisotopic (exact) mass is 325 g/mol. The third-order valence-electron chi connectivity index (χ3n) is 3.19. The van der Waals surface area contributed by atoms with Gasteiger partial charge in [-0.2, -0.15) is 0 Å². The minimum atomic E-state index is -0.606. The van der Waals surface area contributed by atoms with Crippen LogP contribution in [0, 0.1) is 10.1 Å². The van der Waals surface area contributed by atoms with Gasteiger partial charge < -0.3 is 18.9 Å². The molecule has 1 aliphatic rings. The fourth-order valence-electron chi connectivity index (χ4n) is 2.17. The smallest absolute Gasteiger partial charge is 0.344 e. The van der Waals surface area contributed by atoms with Crippen LogP contribution >= 0.6 is 0 Å². The normalized spacial score (nSPS) is 17.3. The van der Waals surface area contributed by atoms with E-state index in [4.69, 9.17) is 18.9 Å². The number of ether oxygens (including phenoxy) is 4. The lowest BCUT2D eigenvalue weighted by Crippen LogP contribution is -2.25. The molecule has 126 valence electrons. The van der Waals surface area contributed by atoms with E-state index < -0.39 is 23.8 Å². The molecule has 2 rings (SSSR count). The molecule has 1 aliphatic heterocycles. The van der Waals surface area contributed by atoms with Crippen molar-refractivity contribution in [3.05, 3.63) is 28.3 Å². The number of esters is 1. The molecule has 0 amide bonds. The summed E-state index contributed by atoms with van der Waals surface area (Å²) in [6, 6.07) is 4.33. The molecule has 1 aromatic carbocycles. The molecule has 0 aliphatic carbocycles. The lowest BCUT2D eigenvalue weighted by Gasteiger charge is -2.24. The summed E-state index contributed by atoms with van der Waals surface area (Å²) >= 11 is 0. The van der Waals surface area contributed by atoms with Crippen LogP contribution in [-0.4, -0.2) is 37.0 Å². The van der Waals surface area contributed by atoms with Crippen LogP contribution in [0.4, 0.5) is 5.69 Å². The van der Waals surface area contributed by atoms with Gasteiger partial charge in [0.1, 0.15) is 0 Å². The van der Waals surface area contributed by atoms with Gasteiger partial charge in [-0.25, -0.2) is 4.79 Å². The second kappa shape index (κ2) is 8.33. The Labute approximate surface area is 133 Å². The zero-order valence-corrected chi connectivity index (χ0v) is 12.9. The Balaban J connectivity index is 2.16. The summed E-state index contributed by atoms with van der Waals surface area (Å²) in [4.78, 5) is 22.0. The maximum absolute atomic E-state index is 11.4. The third-order valence-corrected chi connectivity index (χ3v) is 3.19. The molecule has 1 fully saturated rings. The van der Waals surface area contributed by atoms with Crippen LogP contribution in [0.2, 0.25) is 0 Å². The molecule has 0 radical (unpaired) electrons. The average Bonchev–Trinajstić information content (AvgIpc) is 2.54. The van der Waals surface area contributed by atoms with Crippen molar-refractivity contribution in [2.45, 2.75) is 32.5 Å². The Kier molecular flexibility index (Phi) is 6.16. The van der Waals surface area contributed by atoms with E-state index in [-0.39, 0.29) is 23.8 Å². The second-order valence-corrected chi connectivity index (χ2v) is 4.87. The van der Waals surface area contributed by atoms with Crippen molar-refractivity contribution >= 4 is 11.7 Å².